The van der Waals surface area contributed by atoms with Gasteiger partial charge in [0.05, 0.1) is 29.8 Å². The van der Waals surface area contributed by atoms with Gasteiger partial charge in [0, 0.05) is 6.54 Å². The first-order valence-electron chi connectivity index (χ1n) is 10.6. The van der Waals surface area contributed by atoms with Gasteiger partial charge in [0.2, 0.25) is 16.5 Å². The molecular weight excluding hydrogens is 424 g/mol. The van der Waals surface area contributed by atoms with Gasteiger partial charge < -0.3 is 5.32 Å². The van der Waals surface area contributed by atoms with Crippen molar-refractivity contribution in [3.05, 3.63) is 69.2 Å². The number of hydrogen-bond donors (Lipinski definition) is 1. The number of amides is 1. The third kappa shape index (κ3) is 4.09. The molecule has 166 valence electrons. The maximum absolute atomic E-state index is 13.4. The van der Waals surface area contributed by atoms with Crippen molar-refractivity contribution in [3.8, 4) is 5.69 Å². The minimum atomic E-state index is -0.156. The topological polar surface area (TPSA) is 76.6 Å². The molecule has 2 aromatic carbocycles. The smallest absolute Gasteiger partial charge is 0.267 e. The molecule has 0 fully saturated rings. The predicted octanol–water partition coefficient (Wildman–Crippen LogP) is 2.89. The maximum atomic E-state index is 13.4. The van der Waals surface area contributed by atoms with Crippen LogP contribution in [0.15, 0.2) is 53.3 Å². The zero-order valence-electron chi connectivity index (χ0n) is 18.4. The fourth-order valence-electron chi connectivity index (χ4n) is 3.68. The minimum Gasteiger partial charge on any atom is -0.355 e. The molecule has 8 nitrogen and oxygen atoms in total. The molecule has 0 unspecified atom stereocenters. The van der Waals surface area contributed by atoms with Crippen molar-refractivity contribution in [1.82, 2.24) is 29.0 Å². The lowest BCUT2D eigenvalue weighted by Gasteiger charge is -2.15. The van der Waals surface area contributed by atoms with Gasteiger partial charge in [-0.1, -0.05) is 36.8 Å². The molecule has 2 heterocycles. The molecule has 0 bridgehead atoms. The van der Waals surface area contributed by atoms with Crippen molar-refractivity contribution >= 4 is 34.8 Å². The monoisotopic (exact) mass is 450 g/mol. The summed E-state index contributed by atoms with van der Waals surface area (Å²) in [7, 11) is 1.84. The lowest BCUT2D eigenvalue weighted by molar-refractivity contribution is -0.122. The summed E-state index contributed by atoms with van der Waals surface area (Å²) in [6.07, 6.45) is 0.885. The molecule has 32 heavy (non-hydrogen) atoms. The summed E-state index contributed by atoms with van der Waals surface area (Å²) in [4.78, 5) is 27.3. The van der Waals surface area contributed by atoms with Crippen LogP contribution in [0.3, 0.4) is 0 Å². The minimum absolute atomic E-state index is 0.0494. The van der Waals surface area contributed by atoms with E-state index >= 15 is 0 Å². The van der Waals surface area contributed by atoms with Crippen LogP contribution in [-0.2, 0) is 11.5 Å². The number of rotatable bonds is 7. The second kappa shape index (κ2) is 9.05. The third-order valence-electron chi connectivity index (χ3n) is 5.25. The zero-order valence-corrected chi connectivity index (χ0v) is 19.2. The first-order chi connectivity index (χ1) is 15.4. The Morgan fingerprint density at radius 3 is 2.59 bits per heavy atom. The molecule has 0 spiro atoms. The van der Waals surface area contributed by atoms with Gasteiger partial charge in [-0.3, -0.25) is 18.9 Å². The largest absolute Gasteiger partial charge is 0.355 e. The molecule has 9 heteroatoms. The average Bonchev–Trinajstić information content (AvgIpc) is 3.09. The van der Waals surface area contributed by atoms with E-state index in [-0.39, 0.29) is 18.0 Å². The quantitative estimate of drug-likeness (QED) is 0.438. The fraction of sp³-hybridized carbons (Fsp3) is 0.304. The summed E-state index contributed by atoms with van der Waals surface area (Å²) in [5, 5.41) is 8.13. The normalized spacial score (nSPS) is 11.5. The Morgan fingerprint density at radius 2 is 1.88 bits per heavy atom. The van der Waals surface area contributed by atoms with E-state index in [4.69, 9.17) is 17.3 Å². The van der Waals surface area contributed by atoms with E-state index in [1.165, 1.54) is 0 Å². The van der Waals surface area contributed by atoms with Crippen molar-refractivity contribution in [3.63, 3.8) is 0 Å². The number of hydrogen-bond acceptors (Lipinski definition) is 5. The standard InChI is InChI=1S/C23H26N6O2S/c1-4-13-24-20(30)14-26(3)15-27-23(32)29-19-8-6-5-7-18(19)21(31)28(22(29)25-27)17-11-9-16(2)10-12-17/h5-12H,4,13-15H2,1-3H3,(H,24,30). The fourth-order valence-corrected chi connectivity index (χ4v) is 3.95. The number of aromatic nitrogens is 4. The van der Waals surface area contributed by atoms with Crippen LogP contribution in [0.2, 0.25) is 0 Å². The van der Waals surface area contributed by atoms with Crippen molar-refractivity contribution in [1.29, 1.82) is 0 Å². The summed E-state index contributed by atoms with van der Waals surface area (Å²) in [6, 6.07) is 15.1. The Hall–Kier alpha value is -3.30. The molecule has 0 aliphatic heterocycles. The number of likely N-dealkylation sites (N-methyl/N-ethyl adjacent to an activating group) is 1. The van der Waals surface area contributed by atoms with E-state index in [1.54, 1.807) is 15.3 Å². The molecule has 0 saturated heterocycles. The van der Waals surface area contributed by atoms with E-state index in [0.717, 1.165) is 17.7 Å². The molecule has 4 aromatic rings. The van der Waals surface area contributed by atoms with E-state index in [1.807, 2.05) is 72.7 Å². The summed E-state index contributed by atoms with van der Waals surface area (Å²) in [5.41, 5.74) is 2.37. The number of para-hydroxylation sites is 1. The number of benzene rings is 2. The highest BCUT2D eigenvalue weighted by Gasteiger charge is 2.18. The summed E-state index contributed by atoms with van der Waals surface area (Å²) in [5.74, 6) is 0.387. The van der Waals surface area contributed by atoms with Gasteiger partial charge in [0.25, 0.3) is 5.56 Å². The number of carbonyl (C=O) groups is 1. The van der Waals surface area contributed by atoms with Crippen molar-refractivity contribution in [2.75, 3.05) is 20.1 Å². The molecule has 4 rings (SSSR count). The highest BCUT2D eigenvalue weighted by atomic mass is 32.1. The lowest BCUT2D eigenvalue weighted by atomic mass is 10.2. The van der Waals surface area contributed by atoms with Crippen LogP contribution in [0, 0.1) is 11.7 Å². The number of nitrogens with zero attached hydrogens (tertiary/aromatic N) is 5. The zero-order chi connectivity index (χ0) is 22.8. The number of fused-ring (bicyclic) bond motifs is 3. The van der Waals surface area contributed by atoms with Crippen LogP contribution in [-0.4, -0.2) is 49.7 Å². The van der Waals surface area contributed by atoms with Crippen LogP contribution in [0.1, 0.15) is 18.9 Å². The third-order valence-corrected chi connectivity index (χ3v) is 5.65. The molecule has 2 aromatic heterocycles. The van der Waals surface area contributed by atoms with Gasteiger partial charge in [-0.2, -0.15) is 0 Å². The van der Waals surface area contributed by atoms with Crippen LogP contribution in [0.5, 0.6) is 0 Å². The van der Waals surface area contributed by atoms with Crippen molar-refractivity contribution in [2.45, 2.75) is 26.9 Å². The van der Waals surface area contributed by atoms with Gasteiger partial charge in [-0.05, 0) is 56.9 Å². The van der Waals surface area contributed by atoms with Crippen LogP contribution >= 0.6 is 12.2 Å². The van der Waals surface area contributed by atoms with Crippen LogP contribution < -0.4 is 10.9 Å². The average molecular weight is 451 g/mol. The first-order valence-corrected chi connectivity index (χ1v) is 11.0. The van der Waals surface area contributed by atoms with Gasteiger partial charge in [-0.15, -0.1) is 5.10 Å². The highest BCUT2D eigenvalue weighted by Crippen LogP contribution is 2.18. The SMILES string of the molecule is CCCNC(=O)CN(C)Cn1nc2n(-c3ccc(C)cc3)c(=O)c3ccccc3n2c1=S. The van der Waals surface area contributed by atoms with Crippen LogP contribution in [0.25, 0.3) is 22.4 Å². The highest BCUT2D eigenvalue weighted by molar-refractivity contribution is 7.71. The van der Waals surface area contributed by atoms with Gasteiger partial charge in [-0.25, -0.2) is 9.25 Å². The number of carbonyl (C=O) groups excluding carboxylic acids is 1. The van der Waals surface area contributed by atoms with Crippen molar-refractivity contribution in [2.24, 2.45) is 0 Å². The Kier molecular flexibility index (Phi) is 6.20. The van der Waals surface area contributed by atoms with Gasteiger partial charge in [0.15, 0.2) is 0 Å². The predicted molar refractivity (Wildman–Crippen MR) is 128 cm³/mol. The summed E-state index contributed by atoms with van der Waals surface area (Å²) in [6.45, 7) is 5.20. The van der Waals surface area contributed by atoms with Gasteiger partial charge >= 0.3 is 0 Å². The Balaban J connectivity index is 1.85. The molecule has 1 N–H and O–H groups in total. The van der Waals surface area contributed by atoms with E-state index < -0.39 is 0 Å². The van der Waals surface area contributed by atoms with E-state index in [9.17, 15) is 9.59 Å². The molecular formula is C23H26N6O2S. The molecule has 0 atom stereocenters. The molecule has 0 aliphatic rings. The molecule has 1 amide bonds. The summed E-state index contributed by atoms with van der Waals surface area (Å²) < 4.78 is 5.51. The molecule has 0 aliphatic carbocycles. The molecule has 0 saturated carbocycles. The van der Waals surface area contributed by atoms with E-state index in [0.29, 0.717) is 34.7 Å². The first kappa shape index (κ1) is 21.9. The van der Waals surface area contributed by atoms with Gasteiger partial charge in [0.1, 0.15) is 0 Å². The number of aryl methyl sites for hydroxylation is 1. The van der Waals surface area contributed by atoms with E-state index in [2.05, 4.69) is 5.32 Å². The second-order valence-corrected chi connectivity index (χ2v) is 8.28. The molecule has 0 radical (unpaired) electrons. The second-order valence-electron chi connectivity index (χ2n) is 7.92. The number of nitrogens with one attached hydrogen (secondary N) is 1. The Morgan fingerprint density at radius 1 is 1.16 bits per heavy atom. The summed E-state index contributed by atoms with van der Waals surface area (Å²) >= 11 is 5.75. The lowest BCUT2D eigenvalue weighted by Crippen LogP contribution is -2.36. The Labute approximate surface area is 190 Å². The Bertz CT molecular complexity index is 1400. The van der Waals surface area contributed by atoms with Crippen molar-refractivity contribution < 1.29 is 4.79 Å². The maximum Gasteiger partial charge on any atom is 0.267 e. The van der Waals surface area contributed by atoms with Crippen LogP contribution in [0.4, 0.5) is 0 Å².